The lowest BCUT2D eigenvalue weighted by atomic mass is 10.1. The molecule has 0 aromatic heterocycles. The summed E-state index contributed by atoms with van der Waals surface area (Å²) in [7, 11) is -3.88. The molecule has 0 bridgehead atoms. The Morgan fingerprint density at radius 1 is 1.29 bits per heavy atom. The van der Waals surface area contributed by atoms with Gasteiger partial charge in [-0.05, 0) is 43.5 Å². The Bertz CT molecular complexity index is 606. The number of carbonyl (C=O) groups is 1. The number of amides is 1. The zero-order valence-corrected chi connectivity index (χ0v) is 13.3. The molecule has 0 heterocycles. The summed E-state index contributed by atoms with van der Waals surface area (Å²) in [5, 5.41) is 0. The number of sulfonamides is 1. The van der Waals surface area contributed by atoms with Crippen molar-refractivity contribution in [2.45, 2.75) is 38.5 Å². The predicted molar refractivity (Wildman–Crippen MR) is 78.7 cm³/mol. The number of nitrogens with zero attached hydrogens (tertiary/aromatic N) is 1. The molecule has 0 aliphatic heterocycles. The van der Waals surface area contributed by atoms with Gasteiger partial charge in [-0.2, -0.15) is 4.31 Å². The van der Waals surface area contributed by atoms with Crippen molar-refractivity contribution in [3.05, 3.63) is 29.1 Å². The van der Waals surface area contributed by atoms with Crippen molar-refractivity contribution in [1.82, 2.24) is 4.31 Å². The van der Waals surface area contributed by atoms with Crippen LogP contribution in [-0.2, 0) is 14.8 Å². The molecular formula is C14H21FN2O3S. The molecule has 0 unspecified atom stereocenters. The van der Waals surface area contributed by atoms with E-state index < -0.39 is 21.7 Å². The van der Waals surface area contributed by atoms with E-state index in [0.717, 1.165) is 10.7 Å². The fraction of sp³-hybridized carbons (Fsp3) is 0.500. The monoisotopic (exact) mass is 316 g/mol. The van der Waals surface area contributed by atoms with E-state index >= 15 is 0 Å². The molecule has 0 aliphatic rings. The van der Waals surface area contributed by atoms with Gasteiger partial charge in [-0.1, -0.05) is 13.3 Å². The zero-order valence-electron chi connectivity index (χ0n) is 12.5. The maximum absolute atomic E-state index is 13.3. The lowest BCUT2D eigenvalue weighted by Gasteiger charge is -2.22. The SMILES string of the molecule is CCCCN(CC(N)=O)S(=O)(=O)c1c(C)cc(F)cc1C. The Hall–Kier alpha value is -1.47. The van der Waals surface area contributed by atoms with Crippen LogP contribution in [0.15, 0.2) is 17.0 Å². The van der Waals surface area contributed by atoms with Crippen LogP contribution in [0, 0.1) is 19.7 Å². The third-order valence-electron chi connectivity index (χ3n) is 3.12. The molecule has 7 heteroatoms. The normalized spacial score (nSPS) is 11.9. The first-order valence-corrected chi connectivity index (χ1v) is 8.19. The number of primary amides is 1. The van der Waals surface area contributed by atoms with Crippen LogP contribution in [0.25, 0.3) is 0 Å². The molecule has 21 heavy (non-hydrogen) atoms. The molecule has 1 rings (SSSR count). The first-order chi connectivity index (χ1) is 9.70. The van der Waals surface area contributed by atoms with Gasteiger partial charge in [0.1, 0.15) is 5.82 Å². The Morgan fingerprint density at radius 2 is 1.81 bits per heavy atom. The number of hydrogen-bond donors (Lipinski definition) is 1. The van der Waals surface area contributed by atoms with E-state index in [1.807, 2.05) is 6.92 Å². The van der Waals surface area contributed by atoms with Gasteiger partial charge < -0.3 is 5.73 Å². The molecule has 0 atom stereocenters. The fourth-order valence-electron chi connectivity index (χ4n) is 2.23. The van der Waals surface area contributed by atoms with Gasteiger partial charge in [0.2, 0.25) is 15.9 Å². The first kappa shape index (κ1) is 17.6. The van der Waals surface area contributed by atoms with Crippen molar-refractivity contribution in [3.63, 3.8) is 0 Å². The lowest BCUT2D eigenvalue weighted by molar-refractivity contribution is -0.118. The van der Waals surface area contributed by atoms with Crippen LogP contribution in [-0.4, -0.2) is 31.7 Å². The molecule has 1 aromatic carbocycles. The van der Waals surface area contributed by atoms with Crippen LogP contribution < -0.4 is 5.73 Å². The number of benzene rings is 1. The molecule has 0 fully saturated rings. The van der Waals surface area contributed by atoms with E-state index in [1.54, 1.807) is 0 Å². The van der Waals surface area contributed by atoms with Gasteiger partial charge in [-0.25, -0.2) is 12.8 Å². The summed E-state index contributed by atoms with van der Waals surface area (Å²) < 4.78 is 39.8. The van der Waals surface area contributed by atoms with Gasteiger partial charge in [0.15, 0.2) is 0 Å². The van der Waals surface area contributed by atoms with Crippen LogP contribution in [0.1, 0.15) is 30.9 Å². The smallest absolute Gasteiger partial charge is 0.244 e. The number of halogens is 1. The van der Waals surface area contributed by atoms with Crippen molar-refractivity contribution in [2.75, 3.05) is 13.1 Å². The highest BCUT2D eigenvalue weighted by molar-refractivity contribution is 7.89. The van der Waals surface area contributed by atoms with Crippen molar-refractivity contribution in [1.29, 1.82) is 0 Å². The average molecular weight is 316 g/mol. The van der Waals surface area contributed by atoms with Crippen molar-refractivity contribution >= 4 is 15.9 Å². The third-order valence-corrected chi connectivity index (χ3v) is 5.27. The minimum atomic E-state index is -3.88. The van der Waals surface area contributed by atoms with Crippen LogP contribution in [0.4, 0.5) is 4.39 Å². The van der Waals surface area contributed by atoms with E-state index in [2.05, 4.69) is 0 Å². The highest BCUT2D eigenvalue weighted by Crippen LogP contribution is 2.25. The molecule has 0 spiro atoms. The maximum atomic E-state index is 13.3. The van der Waals surface area contributed by atoms with E-state index in [0.29, 0.717) is 17.5 Å². The summed E-state index contributed by atoms with van der Waals surface area (Å²) in [6.45, 7) is 4.82. The van der Waals surface area contributed by atoms with E-state index in [9.17, 15) is 17.6 Å². The van der Waals surface area contributed by atoms with Crippen LogP contribution in [0.5, 0.6) is 0 Å². The van der Waals surface area contributed by atoms with Crippen LogP contribution >= 0.6 is 0 Å². The van der Waals surface area contributed by atoms with Gasteiger partial charge in [-0.15, -0.1) is 0 Å². The second-order valence-corrected chi connectivity index (χ2v) is 6.90. The van der Waals surface area contributed by atoms with Crippen molar-refractivity contribution in [3.8, 4) is 0 Å². The summed E-state index contributed by atoms with van der Waals surface area (Å²) in [5.74, 6) is -1.20. The number of rotatable bonds is 7. The van der Waals surface area contributed by atoms with Gasteiger partial charge in [0.25, 0.3) is 0 Å². The minimum absolute atomic E-state index is 0.0428. The minimum Gasteiger partial charge on any atom is -0.369 e. The molecular weight excluding hydrogens is 295 g/mol. The molecule has 1 aromatic rings. The molecule has 0 saturated carbocycles. The second kappa shape index (κ2) is 7.00. The highest BCUT2D eigenvalue weighted by Gasteiger charge is 2.28. The molecule has 5 nitrogen and oxygen atoms in total. The Balaban J connectivity index is 3.31. The maximum Gasteiger partial charge on any atom is 0.244 e. The molecule has 118 valence electrons. The van der Waals surface area contributed by atoms with Crippen molar-refractivity contribution < 1.29 is 17.6 Å². The van der Waals surface area contributed by atoms with E-state index in [4.69, 9.17) is 5.73 Å². The number of carbonyl (C=O) groups excluding carboxylic acids is 1. The quantitative estimate of drug-likeness (QED) is 0.831. The van der Waals surface area contributed by atoms with Crippen molar-refractivity contribution in [2.24, 2.45) is 5.73 Å². The number of nitrogens with two attached hydrogens (primary N) is 1. The van der Waals surface area contributed by atoms with Crippen LogP contribution in [0.2, 0.25) is 0 Å². The summed E-state index contributed by atoms with van der Waals surface area (Å²) in [6, 6.07) is 2.34. The summed E-state index contributed by atoms with van der Waals surface area (Å²) in [5.41, 5.74) is 5.77. The lowest BCUT2D eigenvalue weighted by Crippen LogP contribution is -2.39. The zero-order chi connectivity index (χ0) is 16.2. The number of aryl methyl sites for hydroxylation is 2. The van der Waals surface area contributed by atoms with Gasteiger partial charge in [0.05, 0.1) is 11.4 Å². The molecule has 1 amide bonds. The largest absolute Gasteiger partial charge is 0.369 e. The predicted octanol–water partition coefficient (Wildman–Crippen LogP) is 1.72. The standard InChI is InChI=1S/C14H21FN2O3S/c1-4-5-6-17(9-13(16)18)21(19,20)14-10(2)7-12(15)8-11(14)3/h7-8H,4-6,9H2,1-3H3,(H2,16,18). The third kappa shape index (κ3) is 4.25. The summed E-state index contributed by atoms with van der Waals surface area (Å²) in [4.78, 5) is 11.2. The second-order valence-electron chi connectivity index (χ2n) is 5.03. The fourth-order valence-corrected chi connectivity index (χ4v) is 4.08. The molecule has 0 aliphatic carbocycles. The van der Waals surface area contributed by atoms with E-state index in [1.165, 1.54) is 26.0 Å². The average Bonchev–Trinajstić information content (AvgIpc) is 2.32. The van der Waals surface area contributed by atoms with Gasteiger partial charge in [0, 0.05) is 6.54 Å². The molecule has 2 N–H and O–H groups in total. The first-order valence-electron chi connectivity index (χ1n) is 6.75. The topological polar surface area (TPSA) is 80.5 Å². The number of hydrogen-bond acceptors (Lipinski definition) is 3. The van der Waals surface area contributed by atoms with E-state index in [-0.39, 0.29) is 18.0 Å². The summed E-state index contributed by atoms with van der Waals surface area (Å²) in [6.07, 6.45) is 1.40. The van der Waals surface area contributed by atoms with Gasteiger partial charge in [-0.3, -0.25) is 4.79 Å². The molecule has 0 radical (unpaired) electrons. The Labute approximate surface area is 125 Å². The Morgan fingerprint density at radius 3 is 2.24 bits per heavy atom. The van der Waals surface area contributed by atoms with Crippen LogP contribution in [0.3, 0.4) is 0 Å². The number of unbranched alkanes of at least 4 members (excludes halogenated alkanes) is 1. The Kier molecular flexibility index (Phi) is 5.86. The molecule has 0 saturated heterocycles. The van der Waals surface area contributed by atoms with Gasteiger partial charge >= 0.3 is 0 Å². The highest BCUT2D eigenvalue weighted by atomic mass is 32.2. The summed E-state index contributed by atoms with van der Waals surface area (Å²) >= 11 is 0.